The number of aryl methyl sites for hydroxylation is 1. The van der Waals surface area contributed by atoms with Crippen LogP contribution >= 0.6 is 0 Å². The Hall–Kier alpha value is -1.16. The average molecular weight is 192 g/mol. The number of rotatable bonds is 3. The highest BCUT2D eigenvalue weighted by atomic mass is 15.3. The van der Waals surface area contributed by atoms with Crippen molar-refractivity contribution in [1.29, 1.82) is 0 Å². The molecule has 1 N–H and O–H groups in total. The fourth-order valence-corrected chi connectivity index (χ4v) is 1.65. The number of likely N-dealkylation sites (N-methyl/N-ethyl adjacent to an activating group) is 1. The summed E-state index contributed by atoms with van der Waals surface area (Å²) in [6.07, 6.45) is 0. The van der Waals surface area contributed by atoms with Crippen LogP contribution in [0.25, 0.3) is 0 Å². The van der Waals surface area contributed by atoms with Gasteiger partial charge in [0.25, 0.3) is 0 Å². The first-order valence-electron chi connectivity index (χ1n) is 5.09. The number of nitrogens with zero attached hydrogens (tertiary/aromatic N) is 3. The highest BCUT2D eigenvalue weighted by Gasteiger charge is 2.24. The Morgan fingerprint density at radius 2 is 2.21 bits per heavy atom. The van der Waals surface area contributed by atoms with E-state index < -0.39 is 0 Å². The first kappa shape index (κ1) is 9.40. The van der Waals surface area contributed by atoms with Crippen LogP contribution in [0.4, 0.5) is 5.82 Å². The molecule has 4 heteroatoms. The summed E-state index contributed by atoms with van der Waals surface area (Å²) in [5, 5.41) is 11.5. The van der Waals surface area contributed by atoms with Crippen LogP contribution in [0.5, 0.6) is 0 Å². The minimum atomic E-state index is 0.594. The lowest BCUT2D eigenvalue weighted by molar-refractivity contribution is 0.414. The summed E-state index contributed by atoms with van der Waals surface area (Å²) in [4.78, 5) is 2.29. The standard InChI is InChI=1S/C10H16N4/c1-3-14(9-6-11-7-9)10-5-4-8(2)12-13-10/h4-5,9,11H,3,6-7H2,1-2H3. The van der Waals surface area contributed by atoms with Crippen molar-refractivity contribution in [3.05, 3.63) is 17.8 Å². The predicted octanol–water partition coefficient (Wildman–Crippen LogP) is 0.583. The Morgan fingerprint density at radius 1 is 1.43 bits per heavy atom. The fourth-order valence-electron chi connectivity index (χ4n) is 1.65. The van der Waals surface area contributed by atoms with Gasteiger partial charge in [-0.25, -0.2) is 0 Å². The molecular formula is C10H16N4. The van der Waals surface area contributed by atoms with Crippen molar-refractivity contribution in [2.75, 3.05) is 24.5 Å². The van der Waals surface area contributed by atoms with Crippen LogP contribution in [-0.4, -0.2) is 35.9 Å². The molecule has 0 spiro atoms. The third-order valence-corrected chi connectivity index (χ3v) is 2.62. The lowest BCUT2D eigenvalue weighted by Gasteiger charge is -2.38. The molecule has 2 heterocycles. The van der Waals surface area contributed by atoms with Crippen molar-refractivity contribution in [3.8, 4) is 0 Å². The van der Waals surface area contributed by atoms with Crippen molar-refractivity contribution in [3.63, 3.8) is 0 Å². The fraction of sp³-hybridized carbons (Fsp3) is 0.600. The molecule has 0 aromatic carbocycles. The van der Waals surface area contributed by atoms with E-state index in [1.165, 1.54) is 0 Å². The number of anilines is 1. The summed E-state index contributed by atoms with van der Waals surface area (Å²) in [7, 11) is 0. The van der Waals surface area contributed by atoms with E-state index in [0.717, 1.165) is 31.1 Å². The molecule has 0 atom stereocenters. The van der Waals surface area contributed by atoms with Gasteiger partial charge in [0.05, 0.1) is 11.7 Å². The third kappa shape index (κ3) is 1.70. The molecule has 14 heavy (non-hydrogen) atoms. The zero-order valence-corrected chi connectivity index (χ0v) is 8.70. The van der Waals surface area contributed by atoms with Crippen LogP contribution in [0.15, 0.2) is 12.1 Å². The van der Waals surface area contributed by atoms with Crippen LogP contribution in [0.3, 0.4) is 0 Å². The van der Waals surface area contributed by atoms with Gasteiger partial charge in [-0.1, -0.05) is 0 Å². The monoisotopic (exact) mass is 192 g/mol. The van der Waals surface area contributed by atoms with Gasteiger partial charge in [-0.05, 0) is 26.0 Å². The maximum Gasteiger partial charge on any atom is 0.151 e. The van der Waals surface area contributed by atoms with Gasteiger partial charge >= 0.3 is 0 Å². The maximum absolute atomic E-state index is 4.20. The molecule has 0 unspecified atom stereocenters. The second-order valence-electron chi connectivity index (χ2n) is 3.63. The molecule has 1 aromatic rings. The third-order valence-electron chi connectivity index (χ3n) is 2.62. The van der Waals surface area contributed by atoms with Gasteiger partial charge in [0.2, 0.25) is 0 Å². The SMILES string of the molecule is CCN(c1ccc(C)nn1)C1CNC1. The second-order valence-corrected chi connectivity index (χ2v) is 3.63. The van der Waals surface area contributed by atoms with E-state index in [0.29, 0.717) is 6.04 Å². The topological polar surface area (TPSA) is 41.1 Å². The average Bonchev–Trinajstić information content (AvgIpc) is 2.13. The van der Waals surface area contributed by atoms with Crippen LogP contribution in [0.2, 0.25) is 0 Å². The van der Waals surface area contributed by atoms with Crippen LogP contribution in [-0.2, 0) is 0 Å². The lowest BCUT2D eigenvalue weighted by Crippen LogP contribution is -2.57. The van der Waals surface area contributed by atoms with E-state index >= 15 is 0 Å². The number of hydrogen-bond donors (Lipinski definition) is 1. The smallest absolute Gasteiger partial charge is 0.151 e. The van der Waals surface area contributed by atoms with Gasteiger partial charge in [-0.3, -0.25) is 0 Å². The predicted molar refractivity (Wildman–Crippen MR) is 56.4 cm³/mol. The van der Waals surface area contributed by atoms with E-state index in [-0.39, 0.29) is 0 Å². The van der Waals surface area contributed by atoms with Gasteiger partial charge < -0.3 is 10.2 Å². The van der Waals surface area contributed by atoms with Gasteiger partial charge in [0.15, 0.2) is 5.82 Å². The van der Waals surface area contributed by atoms with Crippen LogP contribution in [0.1, 0.15) is 12.6 Å². The molecule has 0 radical (unpaired) electrons. The molecule has 0 bridgehead atoms. The first-order chi connectivity index (χ1) is 6.81. The van der Waals surface area contributed by atoms with Crippen molar-refractivity contribution in [2.45, 2.75) is 19.9 Å². The van der Waals surface area contributed by atoms with Crippen LogP contribution in [0, 0.1) is 6.92 Å². The Bertz CT molecular complexity index is 291. The quantitative estimate of drug-likeness (QED) is 0.760. The Morgan fingerprint density at radius 3 is 2.64 bits per heavy atom. The Labute approximate surface area is 84.3 Å². The molecule has 0 saturated carbocycles. The lowest BCUT2D eigenvalue weighted by atomic mass is 10.1. The van der Waals surface area contributed by atoms with Crippen molar-refractivity contribution in [2.24, 2.45) is 0 Å². The van der Waals surface area contributed by atoms with Gasteiger partial charge in [-0.2, -0.15) is 5.10 Å². The summed E-state index contributed by atoms with van der Waals surface area (Å²) in [5.74, 6) is 0.990. The van der Waals surface area contributed by atoms with Crippen molar-refractivity contribution >= 4 is 5.82 Å². The molecule has 76 valence electrons. The van der Waals surface area contributed by atoms with Crippen molar-refractivity contribution in [1.82, 2.24) is 15.5 Å². The largest absolute Gasteiger partial charge is 0.350 e. The summed E-state index contributed by atoms with van der Waals surface area (Å²) in [6.45, 7) is 7.22. The molecule has 4 nitrogen and oxygen atoms in total. The Balaban J connectivity index is 2.14. The number of hydrogen-bond acceptors (Lipinski definition) is 4. The molecule has 1 saturated heterocycles. The second kappa shape index (κ2) is 3.92. The molecule has 2 rings (SSSR count). The van der Waals surface area contributed by atoms with E-state index in [9.17, 15) is 0 Å². The molecule has 0 aliphatic carbocycles. The molecule has 1 aliphatic rings. The number of aromatic nitrogens is 2. The zero-order valence-electron chi connectivity index (χ0n) is 8.70. The van der Waals surface area contributed by atoms with E-state index in [4.69, 9.17) is 0 Å². The van der Waals surface area contributed by atoms with Crippen LogP contribution < -0.4 is 10.2 Å². The minimum absolute atomic E-state index is 0.594. The summed E-state index contributed by atoms with van der Waals surface area (Å²) in [5.41, 5.74) is 0.969. The highest BCUT2D eigenvalue weighted by Crippen LogP contribution is 2.14. The minimum Gasteiger partial charge on any atom is -0.350 e. The highest BCUT2D eigenvalue weighted by molar-refractivity contribution is 5.39. The molecule has 0 amide bonds. The van der Waals surface area contributed by atoms with E-state index in [1.54, 1.807) is 0 Å². The summed E-state index contributed by atoms with van der Waals surface area (Å²) >= 11 is 0. The molecule has 1 aliphatic heterocycles. The van der Waals surface area contributed by atoms with Crippen molar-refractivity contribution < 1.29 is 0 Å². The van der Waals surface area contributed by atoms with Gasteiger partial charge in [0, 0.05) is 19.6 Å². The summed E-state index contributed by atoms with van der Waals surface area (Å²) < 4.78 is 0. The maximum atomic E-state index is 4.20. The normalized spacial score (nSPS) is 16.4. The number of nitrogens with one attached hydrogen (secondary N) is 1. The molecule has 1 aromatic heterocycles. The molecule has 1 fully saturated rings. The van der Waals surface area contributed by atoms with Gasteiger partial charge in [0.1, 0.15) is 0 Å². The van der Waals surface area contributed by atoms with Gasteiger partial charge in [-0.15, -0.1) is 5.10 Å². The zero-order chi connectivity index (χ0) is 9.97. The first-order valence-corrected chi connectivity index (χ1v) is 5.09. The molecular weight excluding hydrogens is 176 g/mol. The Kier molecular flexibility index (Phi) is 2.63. The van der Waals surface area contributed by atoms with E-state index in [1.807, 2.05) is 19.1 Å². The van der Waals surface area contributed by atoms with E-state index in [2.05, 4.69) is 27.3 Å². The summed E-state index contributed by atoms with van der Waals surface area (Å²) in [6, 6.07) is 4.65.